The summed E-state index contributed by atoms with van der Waals surface area (Å²) in [7, 11) is 0. The lowest BCUT2D eigenvalue weighted by molar-refractivity contribution is 1.27. The maximum atomic E-state index is 5.77. The van der Waals surface area contributed by atoms with Crippen LogP contribution in [0.2, 0.25) is 0 Å². The summed E-state index contributed by atoms with van der Waals surface area (Å²) in [4.78, 5) is 0. The van der Waals surface area contributed by atoms with Gasteiger partial charge < -0.3 is 0 Å². The van der Waals surface area contributed by atoms with Gasteiger partial charge in [0.1, 0.15) is 0 Å². The van der Waals surface area contributed by atoms with Crippen LogP contribution in [0.5, 0.6) is 0 Å². The highest BCUT2D eigenvalue weighted by Gasteiger charge is 1.99. The van der Waals surface area contributed by atoms with Crippen LogP contribution >= 0.6 is 11.6 Å². The molecule has 0 aromatic carbocycles. The van der Waals surface area contributed by atoms with Crippen molar-refractivity contribution in [2.45, 2.75) is 20.8 Å². The molecule has 0 aromatic heterocycles. The Bertz CT molecular complexity index is 197. The summed E-state index contributed by atoms with van der Waals surface area (Å²) in [5.74, 6) is 0.564. The zero-order chi connectivity index (χ0) is 8.85. The predicted octanol–water partition coefficient (Wildman–Crippen LogP) is 3.69. The van der Waals surface area contributed by atoms with Gasteiger partial charge in [-0.25, -0.2) is 0 Å². The van der Waals surface area contributed by atoms with Crippen molar-refractivity contribution in [1.82, 2.24) is 0 Å². The van der Waals surface area contributed by atoms with Gasteiger partial charge in [0.15, 0.2) is 0 Å². The number of hydrogen-bond donors (Lipinski definition) is 0. The molecule has 0 aliphatic heterocycles. The fourth-order valence-corrected chi connectivity index (χ4v) is 1.24. The molecule has 0 aromatic rings. The van der Waals surface area contributed by atoms with Crippen LogP contribution in [0.3, 0.4) is 0 Å². The SMILES string of the molecule is C=CC(C)=C(CCl)C(C)=CC. The largest absolute Gasteiger partial charge is 0.122 e. The van der Waals surface area contributed by atoms with Crippen LogP contribution in [0.1, 0.15) is 20.8 Å². The van der Waals surface area contributed by atoms with E-state index in [0.717, 1.165) is 5.57 Å². The molecule has 0 radical (unpaired) electrons. The first kappa shape index (κ1) is 10.5. The van der Waals surface area contributed by atoms with Crippen molar-refractivity contribution < 1.29 is 0 Å². The van der Waals surface area contributed by atoms with E-state index in [4.69, 9.17) is 11.6 Å². The molecule has 0 rings (SSSR count). The molecular weight excluding hydrogens is 156 g/mol. The van der Waals surface area contributed by atoms with Crippen LogP contribution in [0.4, 0.5) is 0 Å². The van der Waals surface area contributed by atoms with Gasteiger partial charge in [-0.2, -0.15) is 0 Å². The molecule has 1 heteroatoms. The number of halogens is 1. The van der Waals surface area contributed by atoms with E-state index in [9.17, 15) is 0 Å². The fraction of sp³-hybridized carbons (Fsp3) is 0.400. The number of hydrogen-bond acceptors (Lipinski definition) is 0. The highest BCUT2D eigenvalue weighted by molar-refractivity contribution is 6.19. The van der Waals surface area contributed by atoms with E-state index in [1.165, 1.54) is 11.1 Å². The third kappa shape index (κ3) is 2.94. The Morgan fingerprint density at radius 2 is 2.00 bits per heavy atom. The van der Waals surface area contributed by atoms with Crippen molar-refractivity contribution in [3.8, 4) is 0 Å². The van der Waals surface area contributed by atoms with E-state index in [1.807, 2.05) is 19.9 Å². The molecule has 0 aliphatic carbocycles. The molecule has 62 valence electrons. The summed E-state index contributed by atoms with van der Waals surface area (Å²) < 4.78 is 0. The molecule has 0 atom stereocenters. The highest BCUT2D eigenvalue weighted by Crippen LogP contribution is 2.16. The zero-order valence-corrected chi connectivity index (χ0v) is 8.20. The van der Waals surface area contributed by atoms with Gasteiger partial charge in [0.2, 0.25) is 0 Å². The van der Waals surface area contributed by atoms with E-state index in [2.05, 4.69) is 19.6 Å². The third-order valence-corrected chi connectivity index (χ3v) is 2.09. The van der Waals surface area contributed by atoms with E-state index in [1.54, 1.807) is 0 Å². The fourth-order valence-electron chi connectivity index (χ4n) is 0.819. The molecule has 0 saturated carbocycles. The van der Waals surface area contributed by atoms with Crippen LogP contribution in [0, 0.1) is 0 Å². The second-order valence-electron chi connectivity index (χ2n) is 2.47. The Labute approximate surface area is 74.3 Å². The Morgan fingerprint density at radius 1 is 1.45 bits per heavy atom. The van der Waals surface area contributed by atoms with E-state index < -0.39 is 0 Å². The molecule has 0 saturated heterocycles. The average molecular weight is 171 g/mol. The minimum Gasteiger partial charge on any atom is -0.122 e. The van der Waals surface area contributed by atoms with Gasteiger partial charge in [-0.15, -0.1) is 11.6 Å². The second-order valence-corrected chi connectivity index (χ2v) is 2.74. The van der Waals surface area contributed by atoms with Crippen LogP contribution in [-0.2, 0) is 0 Å². The summed E-state index contributed by atoms with van der Waals surface area (Å²) >= 11 is 5.77. The van der Waals surface area contributed by atoms with Crippen molar-refractivity contribution in [3.05, 3.63) is 35.5 Å². The monoisotopic (exact) mass is 170 g/mol. The number of rotatable bonds is 3. The molecule has 0 unspecified atom stereocenters. The third-order valence-electron chi connectivity index (χ3n) is 1.82. The Hall–Kier alpha value is -0.490. The molecule has 0 nitrogen and oxygen atoms in total. The topological polar surface area (TPSA) is 0 Å². The van der Waals surface area contributed by atoms with Gasteiger partial charge in [-0.1, -0.05) is 24.3 Å². The van der Waals surface area contributed by atoms with Gasteiger partial charge in [-0.05, 0) is 31.9 Å². The molecule has 0 heterocycles. The number of alkyl halides is 1. The predicted molar refractivity (Wildman–Crippen MR) is 53.0 cm³/mol. The minimum atomic E-state index is 0.564. The van der Waals surface area contributed by atoms with E-state index in [-0.39, 0.29) is 0 Å². The maximum Gasteiger partial charge on any atom is 0.0479 e. The van der Waals surface area contributed by atoms with Gasteiger partial charge in [0.25, 0.3) is 0 Å². The van der Waals surface area contributed by atoms with Crippen LogP contribution in [0.15, 0.2) is 35.5 Å². The molecule has 0 N–H and O–H groups in total. The normalized spacial score (nSPS) is 14.4. The first-order valence-corrected chi connectivity index (χ1v) is 4.22. The van der Waals surface area contributed by atoms with Crippen LogP contribution in [-0.4, -0.2) is 5.88 Å². The first-order chi connectivity index (χ1) is 5.17. The number of allylic oxidation sites excluding steroid dienone is 5. The molecule has 11 heavy (non-hydrogen) atoms. The minimum absolute atomic E-state index is 0.564. The Kier molecular flexibility index (Phi) is 4.97. The zero-order valence-electron chi connectivity index (χ0n) is 7.45. The quantitative estimate of drug-likeness (QED) is 0.448. The van der Waals surface area contributed by atoms with Crippen molar-refractivity contribution in [2.24, 2.45) is 0 Å². The second kappa shape index (κ2) is 5.20. The van der Waals surface area contributed by atoms with Gasteiger partial charge >= 0.3 is 0 Å². The molecular formula is C10H15Cl. The van der Waals surface area contributed by atoms with Crippen molar-refractivity contribution in [2.75, 3.05) is 5.88 Å². The van der Waals surface area contributed by atoms with Crippen molar-refractivity contribution in [1.29, 1.82) is 0 Å². The van der Waals surface area contributed by atoms with Crippen LogP contribution in [0.25, 0.3) is 0 Å². The molecule has 0 aliphatic rings. The van der Waals surface area contributed by atoms with Gasteiger partial charge in [-0.3, -0.25) is 0 Å². The van der Waals surface area contributed by atoms with Crippen molar-refractivity contribution >= 4 is 11.6 Å². The van der Waals surface area contributed by atoms with E-state index in [0.29, 0.717) is 5.88 Å². The molecule has 0 amide bonds. The lowest BCUT2D eigenvalue weighted by Gasteiger charge is -2.05. The van der Waals surface area contributed by atoms with Gasteiger partial charge in [0, 0.05) is 5.88 Å². The van der Waals surface area contributed by atoms with Crippen molar-refractivity contribution in [3.63, 3.8) is 0 Å². The smallest absolute Gasteiger partial charge is 0.0479 e. The summed E-state index contributed by atoms with van der Waals surface area (Å²) in [6.45, 7) is 9.80. The molecule has 0 bridgehead atoms. The summed E-state index contributed by atoms with van der Waals surface area (Å²) in [5, 5.41) is 0. The molecule has 0 fully saturated rings. The summed E-state index contributed by atoms with van der Waals surface area (Å²) in [5.41, 5.74) is 3.58. The Morgan fingerprint density at radius 3 is 2.27 bits per heavy atom. The molecule has 0 spiro atoms. The average Bonchev–Trinajstić information content (AvgIpc) is 2.05. The lowest BCUT2D eigenvalue weighted by Crippen LogP contribution is -1.90. The van der Waals surface area contributed by atoms with Gasteiger partial charge in [0.05, 0.1) is 0 Å². The van der Waals surface area contributed by atoms with E-state index >= 15 is 0 Å². The lowest BCUT2D eigenvalue weighted by atomic mass is 10.0. The standard InChI is InChI=1S/C10H15Cl/c1-5-8(3)10(7-11)9(4)6-2/h5-6H,1,7H2,2-4H3. The Balaban J connectivity index is 4.79. The summed E-state index contributed by atoms with van der Waals surface area (Å²) in [6.07, 6.45) is 3.90. The highest BCUT2D eigenvalue weighted by atomic mass is 35.5. The van der Waals surface area contributed by atoms with Crippen LogP contribution < -0.4 is 0 Å². The summed E-state index contributed by atoms with van der Waals surface area (Å²) in [6, 6.07) is 0. The maximum absolute atomic E-state index is 5.77. The first-order valence-electron chi connectivity index (χ1n) is 3.68.